The summed E-state index contributed by atoms with van der Waals surface area (Å²) in [5, 5.41) is 25.7. The fourth-order valence-corrected chi connectivity index (χ4v) is 3.72. The number of nitro groups is 1. The summed E-state index contributed by atoms with van der Waals surface area (Å²) < 4.78 is 0.904. The molecule has 0 unspecified atom stereocenters. The summed E-state index contributed by atoms with van der Waals surface area (Å²) in [6, 6.07) is 14.2. The van der Waals surface area contributed by atoms with E-state index < -0.39 is 4.92 Å². The molecule has 1 N–H and O–H groups in total. The van der Waals surface area contributed by atoms with Gasteiger partial charge in [-0.2, -0.15) is 5.26 Å². The van der Waals surface area contributed by atoms with Gasteiger partial charge in [0, 0.05) is 33.7 Å². The third-order valence-corrected chi connectivity index (χ3v) is 5.26. The predicted octanol–water partition coefficient (Wildman–Crippen LogP) is 5.77. The highest BCUT2D eigenvalue weighted by molar-refractivity contribution is 9.10. The lowest BCUT2D eigenvalue weighted by Gasteiger charge is -2.05. The first-order chi connectivity index (χ1) is 13.0. The Labute approximate surface area is 168 Å². The number of hydrogen-bond acceptors (Lipinski definition) is 6. The van der Waals surface area contributed by atoms with E-state index in [0.717, 1.165) is 21.3 Å². The molecule has 0 spiro atoms. The van der Waals surface area contributed by atoms with E-state index in [1.54, 1.807) is 18.3 Å². The number of nitrogens with one attached hydrogen (secondary N) is 1. The van der Waals surface area contributed by atoms with Crippen LogP contribution in [0.15, 0.2) is 58.5 Å². The van der Waals surface area contributed by atoms with Crippen molar-refractivity contribution in [3.8, 4) is 17.3 Å². The van der Waals surface area contributed by atoms with Gasteiger partial charge in [0.15, 0.2) is 0 Å². The van der Waals surface area contributed by atoms with Gasteiger partial charge in [0.1, 0.15) is 16.6 Å². The van der Waals surface area contributed by atoms with Crippen LogP contribution in [-0.4, -0.2) is 9.91 Å². The molecule has 6 nitrogen and oxygen atoms in total. The quantitative estimate of drug-likeness (QED) is 0.309. The van der Waals surface area contributed by atoms with Crippen molar-refractivity contribution >= 4 is 44.2 Å². The molecule has 27 heavy (non-hydrogen) atoms. The Morgan fingerprint density at radius 3 is 2.70 bits per heavy atom. The topological polar surface area (TPSA) is 91.8 Å². The van der Waals surface area contributed by atoms with Crippen LogP contribution in [0.25, 0.3) is 16.8 Å². The van der Waals surface area contributed by atoms with Crippen LogP contribution >= 0.6 is 27.3 Å². The Kier molecular flexibility index (Phi) is 5.64. The maximum Gasteiger partial charge on any atom is 0.269 e. The maximum absolute atomic E-state index is 10.8. The standard InChI is InChI=1S/C19H13BrN4O2S/c1-12-2-7-17(16(20)8-12)22-10-14(9-21)19-23-18(11-27-19)13-3-5-15(6-4-13)24(25)26/h2-8,10-11,22H,1H3. The zero-order valence-corrected chi connectivity index (χ0v) is 16.5. The van der Waals surface area contributed by atoms with Gasteiger partial charge in [0.05, 0.1) is 16.3 Å². The molecular weight excluding hydrogens is 428 g/mol. The molecule has 0 bridgehead atoms. The second-order valence-electron chi connectivity index (χ2n) is 5.64. The number of halogens is 1. The van der Waals surface area contributed by atoms with Crippen LogP contribution in [0.3, 0.4) is 0 Å². The number of nitrogens with zero attached hydrogens (tertiary/aromatic N) is 3. The molecule has 2 aromatic carbocycles. The number of benzene rings is 2. The average molecular weight is 441 g/mol. The molecule has 0 fully saturated rings. The highest BCUT2D eigenvalue weighted by Crippen LogP contribution is 2.28. The first-order valence-corrected chi connectivity index (χ1v) is 9.49. The van der Waals surface area contributed by atoms with Crippen LogP contribution in [0.4, 0.5) is 11.4 Å². The molecule has 134 valence electrons. The number of nitriles is 1. The van der Waals surface area contributed by atoms with Gasteiger partial charge in [0.2, 0.25) is 0 Å². The Balaban J connectivity index is 1.82. The molecule has 0 atom stereocenters. The van der Waals surface area contributed by atoms with Crippen molar-refractivity contribution in [3.05, 3.63) is 79.2 Å². The summed E-state index contributed by atoms with van der Waals surface area (Å²) in [7, 11) is 0. The first kappa shape index (κ1) is 18.8. The van der Waals surface area contributed by atoms with Gasteiger partial charge in [0.25, 0.3) is 5.69 Å². The number of allylic oxidation sites excluding steroid dienone is 1. The second kappa shape index (κ2) is 8.12. The van der Waals surface area contributed by atoms with Crippen LogP contribution in [-0.2, 0) is 0 Å². The molecule has 8 heteroatoms. The lowest BCUT2D eigenvalue weighted by Crippen LogP contribution is -1.92. The number of hydrogen-bond donors (Lipinski definition) is 1. The van der Waals surface area contributed by atoms with Gasteiger partial charge in [-0.25, -0.2) is 4.98 Å². The molecule has 3 aromatic rings. The van der Waals surface area contributed by atoms with Crippen LogP contribution in [0.1, 0.15) is 10.6 Å². The van der Waals surface area contributed by atoms with Crippen molar-refractivity contribution < 1.29 is 4.92 Å². The van der Waals surface area contributed by atoms with Gasteiger partial charge < -0.3 is 5.32 Å². The summed E-state index contributed by atoms with van der Waals surface area (Å²) in [6.07, 6.45) is 1.62. The molecule has 0 aliphatic heterocycles. The fraction of sp³-hybridized carbons (Fsp3) is 0.0526. The molecule has 1 aromatic heterocycles. The highest BCUT2D eigenvalue weighted by Gasteiger charge is 2.11. The van der Waals surface area contributed by atoms with Gasteiger partial charge in [-0.15, -0.1) is 11.3 Å². The molecular formula is C19H13BrN4O2S. The number of aromatic nitrogens is 1. The average Bonchev–Trinajstić information content (AvgIpc) is 3.14. The van der Waals surface area contributed by atoms with E-state index in [2.05, 4.69) is 32.3 Å². The highest BCUT2D eigenvalue weighted by atomic mass is 79.9. The summed E-state index contributed by atoms with van der Waals surface area (Å²) in [5.41, 5.74) is 3.84. The van der Waals surface area contributed by atoms with E-state index in [1.165, 1.54) is 23.5 Å². The molecule has 0 aliphatic rings. The van der Waals surface area contributed by atoms with Gasteiger partial charge in [-0.3, -0.25) is 10.1 Å². The minimum absolute atomic E-state index is 0.0275. The van der Waals surface area contributed by atoms with Crippen LogP contribution < -0.4 is 5.32 Å². The van der Waals surface area contributed by atoms with Crippen molar-refractivity contribution in [3.63, 3.8) is 0 Å². The monoisotopic (exact) mass is 440 g/mol. The smallest absolute Gasteiger partial charge is 0.269 e. The number of rotatable bonds is 5. The van der Waals surface area contributed by atoms with Crippen LogP contribution in [0.2, 0.25) is 0 Å². The normalized spacial score (nSPS) is 11.1. The third kappa shape index (κ3) is 4.39. The van der Waals surface area contributed by atoms with E-state index in [0.29, 0.717) is 16.3 Å². The first-order valence-electron chi connectivity index (χ1n) is 7.81. The van der Waals surface area contributed by atoms with Crippen molar-refractivity contribution in [2.45, 2.75) is 6.92 Å². The zero-order chi connectivity index (χ0) is 19.4. The molecule has 0 amide bonds. The van der Waals surface area contributed by atoms with Crippen molar-refractivity contribution in [1.82, 2.24) is 4.98 Å². The summed E-state index contributed by atoms with van der Waals surface area (Å²) >= 11 is 4.83. The zero-order valence-electron chi connectivity index (χ0n) is 14.1. The second-order valence-corrected chi connectivity index (χ2v) is 7.35. The van der Waals surface area contributed by atoms with E-state index in [9.17, 15) is 15.4 Å². The SMILES string of the molecule is Cc1ccc(NC=C(C#N)c2nc(-c3ccc([N+](=O)[O-])cc3)cs2)c(Br)c1. The van der Waals surface area contributed by atoms with E-state index in [-0.39, 0.29) is 5.69 Å². The molecule has 1 heterocycles. The van der Waals surface area contributed by atoms with E-state index in [4.69, 9.17) is 0 Å². The molecule has 0 aliphatic carbocycles. The Bertz CT molecular complexity index is 1070. The molecule has 0 saturated heterocycles. The minimum atomic E-state index is -0.443. The largest absolute Gasteiger partial charge is 0.359 e. The van der Waals surface area contributed by atoms with Crippen LogP contribution in [0.5, 0.6) is 0 Å². The van der Waals surface area contributed by atoms with Crippen molar-refractivity contribution in [2.75, 3.05) is 5.32 Å². The summed E-state index contributed by atoms with van der Waals surface area (Å²) in [5.74, 6) is 0. The van der Waals surface area contributed by atoms with Gasteiger partial charge >= 0.3 is 0 Å². The Morgan fingerprint density at radius 1 is 1.33 bits per heavy atom. The fourth-order valence-electron chi connectivity index (χ4n) is 2.31. The number of anilines is 1. The summed E-state index contributed by atoms with van der Waals surface area (Å²) in [6.45, 7) is 2.00. The molecule has 0 radical (unpaired) electrons. The lowest BCUT2D eigenvalue weighted by atomic mass is 10.1. The van der Waals surface area contributed by atoms with Crippen molar-refractivity contribution in [1.29, 1.82) is 5.26 Å². The molecule has 3 rings (SSSR count). The number of thiazole rings is 1. The Hall–Kier alpha value is -3.02. The van der Waals surface area contributed by atoms with Crippen LogP contribution in [0, 0.1) is 28.4 Å². The lowest BCUT2D eigenvalue weighted by molar-refractivity contribution is -0.384. The molecule has 0 saturated carbocycles. The minimum Gasteiger partial charge on any atom is -0.359 e. The van der Waals surface area contributed by atoms with Crippen molar-refractivity contribution in [2.24, 2.45) is 0 Å². The number of aryl methyl sites for hydroxylation is 1. The number of non-ortho nitro benzene ring substituents is 1. The van der Waals surface area contributed by atoms with Gasteiger partial charge in [-0.05, 0) is 52.7 Å². The predicted molar refractivity (Wildman–Crippen MR) is 110 cm³/mol. The van der Waals surface area contributed by atoms with E-state index in [1.807, 2.05) is 30.5 Å². The summed E-state index contributed by atoms with van der Waals surface area (Å²) in [4.78, 5) is 14.8. The van der Waals surface area contributed by atoms with E-state index >= 15 is 0 Å². The number of nitro benzene ring substituents is 1. The van der Waals surface area contributed by atoms with Gasteiger partial charge in [-0.1, -0.05) is 6.07 Å². The third-order valence-electron chi connectivity index (χ3n) is 3.73. The Morgan fingerprint density at radius 2 is 2.07 bits per heavy atom. The maximum atomic E-state index is 10.8.